The predicted molar refractivity (Wildman–Crippen MR) is 59.2 cm³/mol. The highest BCUT2D eigenvalue weighted by atomic mass is 32.1. The number of nitrogens with one attached hydrogen (secondary N) is 1. The Balaban J connectivity index is 2.43. The molecule has 0 saturated carbocycles. The van der Waals surface area contributed by atoms with Crippen LogP contribution in [0.2, 0.25) is 0 Å². The number of hydrogen-bond acceptors (Lipinski definition) is 4. The standard InChI is InChI=1S/C10H15NO3S/c1-7-3-4-8(15-7)5-11-9(6-14-2)10(12)13/h3-4,9,11H,5-6H2,1-2H3,(H,12,13). The van der Waals surface area contributed by atoms with Gasteiger partial charge in [-0.2, -0.15) is 0 Å². The van der Waals surface area contributed by atoms with Gasteiger partial charge in [-0.3, -0.25) is 10.1 Å². The summed E-state index contributed by atoms with van der Waals surface area (Å²) in [6.45, 7) is 2.77. The lowest BCUT2D eigenvalue weighted by molar-refractivity contribution is -0.140. The van der Waals surface area contributed by atoms with Gasteiger partial charge >= 0.3 is 5.97 Å². The van der Waals surface area contributed by atoms with Crippen molar-refractivity contribution in [3.8, 4) is 0 Å². The fraction of sp³-hybridized carbons (Fsp3) is 0.500. The van der Waals surface area contributed by atoms with Gasteiger partial charge in [0.2, 0.25) is 0 Å². The molecule has 1 atom stereocenters. The summed E-state index contributed by atoms with van der Waals surface area (Å²) in [6, 6.07) is 3.38. The molecule has 0 radical (unpaired) electrons. The van der Waals surface area contributed by atoms with E-state index < -0.39 is 12.0 Å². The molecule has 0 bridgehead atoms. The first kappa shape index (κ1) is 12.2. The van der Waals surface area contributed by atoms with E-state index in [0.717, 1.165) is 4.88 Å². The van der Waals surface area contributed by atoms with Crippen LogP contribution in [0.5, 0.6) is 0 Å². The molecule has 1 unspecified atom stereocenters. The number of thiophene rings is 1. The SMILES string of the molecule is COCC(NCc1ccc(C)s1)C(=O)O. The van der Waals surface area contributed by atoms with E-state index in [1.165, 1.54) is 12.0 Å². The van der Waals surface area contributed by atoms with Gasteiger partial charge in [-0.25, -0.2) is 0 Å². The topological polar surface area (TPSA) is 58.6 Å². The molecule has 4 nitrogen and oxygen atoms in total. The van der Waals surface area contributed by atoms with E-state index in [9.17, 15) is 4.79 Å². The van der Waals surface area contributed by atoms with Crippen molar-refractivity contribution in [2.75, 3.05) is 13.7 Å². The molecular weight excluding hydrogens is 214 g/mol. The smallest absolute Gasteiger partial charge is 0.323 e. The summed E-state index contributed by atoms with van der Waals surface area (Å²) in [7, 11) is 1.49. The fourth-order valence-electron chi connectivity index (χ4n) is 1.19. The third-order valence-corrected chi connectivity index (χ3v) is 2.95. The molecule has 0 aliphatic rings. The second-order valence-corrected chi connectivity index (χ2v) is 4.61. The summed E-state index contributed by atoms with van der Waals surface area (Å²) in [4.78, 5) is 13.1. The number of carbonyl (C=O) groups is 1. The molecule has 1 aromatic heterocycles. The van der Waals surface area contributed by atoms with E-state index in [1.54, 1.807) is 11.3 Å². The maximum atomic E-state index is 10.8. The lowest BCUT2D eigenvalue weighted by Crippen LogP contribution is -2.39. The van der Waals surface area contributed by atoms with Crippen LogP contribution in [0.15, 0.2) is 12.1 Å². The lowest BCUT2D eigenvalue weighted by atomic mass is 10.3. The van der Waals surface area contributed by atoms with Gasteiger partial charge in [0.15, 0.2) is 0 Å². The molecule has 0 amide bonds. The van der Waals surface area contributed by atoms with Gasteiger partial charge in [0.1, 0.15) is 6.04 Å². The molecule has 0 aromatic carbocycles. The number of ether oxygens (including phenoxy) is 1. The van der Waals surface area contributed by atoms with Gasteiger partial charge in [0, 0.05) is 23.4 Å². The molecule has 0 aliphatic heterocycles. The first-order valence-corrected chi connectivity index (χ1v) is 5.45. The number of hydrogen-bond donors (Lipinski definition) is 2. The minimum absolute atomic E-state index is 0.180. The van der Waals surface area contributed by atoms with Crippen LogP contribution >= 0.6 is 11.3 Å². The highest BCUT2D eigenvalue weighted by Gasteiger charge is 2.16. The van der Waals surface area contributed by atoms with Crippen molar-refractivity contribution in [3.63, 3.8) is 0 Å². The highest BCUT2D eigenvalue weighted by molar-refractivity contribution is 7.11. The molecule has 2 N–H and O–H groups in total. The van der Waals surface area contributed by atoms with Crippen LogP contribution in [0.25, 0.3) is 0 Å². The van der Waals surface area contributed by atoms with E-state index in [2.05, 4.69) is 5.32 Å². The van der Waals surface area contributed by atoms with Gasteiger partial charge in [-0.05, 0) is 19.1 Å². The van der Waals surface area contributed by atoms with Gasteiger partial charge < -0.3 is 9.84 Å². The zero-order valence-electron chi connectivity index (χ0n) is 8.82. The van der Waals surface area contributed by atoms with Crippen molar-refractivity contribution < 1.29 is 14.6 Å². The van der Waals surface area contributed by atoms with Crippen LogP contribution in [0.1, 0.15) is 9.75 Å². The predicted octanol–water partition coefficient (Wildman–Crippen LogP) is 1.25. The summed E-state index contributed by atoms with van der Waals surface area (Å²) in [5.74, 6) is -0.884. The summed E-state index contributed by atoms with van der Waals surface area (Å²) < 4.78 is 4.82. The first-order chi connectivity index (χ1) is 7.13. The Bertz CT molecular complexity index is 324. The maximum absolute atomic E-state index is 10.8. The second kappa shape index (κ2) is 5.85. The average molecular weight is 229 g/mol. The van der Waals surface area contributed by atoms with Crippen molar-refractivity contribution in [1.29, 1.82) is 0 Å². The average Bonchev–Trinajstić information content (AvgIpc) is 2.58. The first-order valence-electron chi connectivity index (χ1n) is 4.64. The van der Waals surface area contributed by atoms with Crippen molar-refractivity contribution >= 4 is 17.3 Å². The molecule has 15 heavy (non-hydrogen) atoms. The summed E-state index contributed by atoms with van der Waals surface area (Å²) in [6.07, 6.45) is 0. The number of methoxy groups -OCH3 is 1. The Labute approximate surface area is 92.9 Å². The highest BCUT2D eigenvalue weighted by Crippen LogP contribution is 2.14. The Hall–Kier alpha value is -0.910. The lowest BCUT2D eigenvalue weighted by Gasteiger charge is -2.12. The number of carboxylic acid groups (broad SMARTS) is 1. The number of carboxylic acids is 1. The zero-order valence-corrected chi connectivity index (χ0v) is 9.63. The number of rotatable bonds is 6. The molecular formula is C10H15NO3S. The Kier molecular flexibility index (Phi) is 4.74. The summed E-state index contributed by atoms with van der Waals surface area (Å²) in [5.41, 5.74) is 0. The van der Waals surface area contributed by atoms with Crippen molar-refractivity contribution in [2.45, 2.75) is 19.5 Å². The van der Waals surface area contributed by atoms with Gasteiger partial charge in [0.05, 0.1) is 6.61 Å². The Morgan fingerprint density at radius 1 is 1.67 bits per heavy atom. The molecule has 84 valence electrons. The molecule has 1 heterocycles. The largest absolute Gasteiger partial charge is 0.480 e. The minimum atomic E-state index is -0.884. The maximum Gasteiger partial charge on any atom is 0.323 e. The minimum Gasteiger partial charge on any atom is -0.480 e. The van der Waals surface area contributed by atoms with Crippen LogP contribution in [-0.4, -0.2) is 30.8 Å². The Morgan fingerprint density at radius 2 is 2.40 bits per heavy atom. The second-order valence-electron chi connectivity index (χ2n) is 3.24. The zero-order chi connectivity index (χ0) is 11.3. The van der Waals surface area contributed by atoms with Crippen molar-refractivity contribution in [3.05, 3.63) is 21.9 Å². The van der Waals surface area contributed by atoms with Gasteiger partial charge in [-0.1, -0.05) is 0 Å². The monoisotopic (exact) mass is 229 g/mol. The van der Waals surface area contributed by atoms with Crippen LogP contribution < -0.4 is 5.32 Å². The fourth-order valence-corrected chi connectivity index (χ4v) is 2.03. The van der Waals surface area contributed by atoms with E-state index >= 15 is 0 Å². The molecule has 5 heteroatoms. The molecule has 0 fully saturated rings. The van der Waals surface area contributed by atoms with E-state index in [1.807, 2.05) is 19.1 Å². The molecule has 1 aromatic rings. The van der Waals surface area contributed by atoms with Crippen LogP contribution in [0, 0.1) is 6.92 Å². The van der Waals surface area contributed by atoms with Gasteiger partial charge in [0.25, 0.3) is 0 Å². The van der Waals surface area contributed by atoms with E-state index in [4.69, 9.17) is 9.84 Å². The number of aryl methyl sites for hydroxylation is 1. The van der Waals surface area contributed by atoms with E-state index in [-0.39, 0.29) is 6.61 Å². The van der Waals surface area contributed by atoms with Crippen LogP contribution in [-0.2, 0) is 16.1 Å². The molecule has 1 rings (SSSR count). The summed E-state index contributed by atoms with van der Waals surface area (Å²) in [5, 5.41) is 11.8. The molecule has 0 aliphatic carbocycles. The third kappa shape index (κ3) is 3.99. The van der Waals surface area contributed by atoms with Gasteiger partial charge in [-0.15, -0.1) is 11.3 Å². The Morgan fingerprint density at radius 3 is 2.87 bits per heavy atom. The summed E-state index contributed by atoms with van der Waals surface area (Å²) >= 11 is 1.66. The van der Waals surface area contributed by atoms with Crippen LogP contribution in [0.4, 0.5) is 0 Å². The third-order valence-electron chi connectivity index (χ3n) is 1.95. The normalized spacial score (nSPS) is 12.7. The van der Waals surface area contributed by atoms with E-state index in [0.29, 0.717) is 6.54 Å². The van der Waals surface area contributed by atoms with Crippen molar-refractivity contribution in [1.82, 2.24) is 5.32 Å². The number of aliphatic carboxylic acids is 1. The molecule has 0 spiro atoms. The van der Waals surface area contributed by atoms with Crippen LogP contribution in [0.3, 0.4) is 0 Å². The van der Waals surface area contributed by atoms with Crippen molar-refractivity contribution in [2.24, 2.45) is 0 Å². The molecule has 0 saturated heterocycles. The quantitative estimate of drug-likeness (QED) is 0.770.